The van der Waals surface area contributed by atoms with Gasteiger partial charge in [0.05, 0.1) is 5.56 Å². The van der Waals surface area contributed by atoms with Gasteiger partial charge < -0.3 is 10.3 Å². The second-order valence-electron chi connectivity index (χ2n) is 7.26. The highest BCUT2D eigenvalue weighted by Crippen LogP contribution is 2.33. The Labute approximate surface area is 137 Å². The van der Waals surface area contributed by atoms with Crippen LogP contribution in [0.4, 0.5) is 4.39 Å². The van der Waals surface area contributed by atoms with Crippen molar-refractivity contribution < 1.29 is 9.18 Å². The summed E-state index contributed by atoms with van der Waals surface area (Å²) < 4.78 is 15.7. The number of hydrogen-bond donors (Lipinski definition) is 1. The van der Waals surface area contributed by atoms with E-state index in [1.54, 1.807) is 6.07 Å². The summed E-state index contributed by atoms with van der Waals surface area (Å²) in [5.74, 6) is -0.795. The van der Waals surface area contributed by atoms with Gasteiger partial charge >= 0.3 is 0 Å². The van der Waals surface area contributed by atoms with E-state index >= 15 is 0 Å². The van der Waals surface area contributed by atoms with E-state index in [4.69, 9.17) is 5.73 Å². The Hall–Kier alpha value is -2.10. The first-order chi connectivity index (χ1) is 10.6. The molecule has 0 radical (unpaired) electrons. The first-order valence-corrected chi connectivity index (χ1v) is 7.87. The normalized spacial score (nSPS) is 11.7. The predicted molar refractivity (Wildman–Crippen MR) is 91.9 cm³/mol. The van der Waals surface area contributed by atoms with Gasteiger partial charge in [0.15, 0.2) is 0 Å². The number of rotatable bonds is 4. The van der Waals surface area contributed by atoms with Gasteiger partial charge in [0.25, 0.3) is 5.91 Å². The number of hydrogen-bond acceptors (Lipinski definition) is 1. The largest absolute Gasteiger partial charge is 0.366 e. The van der Waals surface area contributed by atoms with Crippen molar-refractivity contribution in [3.8, 4) is 11.1 Å². The second-order valence-corrected chi connectivity index (χ2v) is 7.26. The summed E-state index contributed by atoms with van der Waals surface area (Å²) in [6.45, 7) is 11.2. The van der Waals surface area contributed by atoms with Crippen LogP contribution in [0.15, 0.2) is 24.3 Å². The van der Waals surface area contributed by atoms with E-state index in [-0.39, 0.29) is 11.2 Å². The number of carbonyl (C=O) groups is 1. The summed E-state index contributed by atoms with van der Waals surface area (Å²) in [5, 5.41) is 0. The van der Waals surface area contributed by atoms with Crippen LogP contribution in [0.5, 0.6) is 0 Å². The van der Waals surface area contributed by atoms with E-state index in [2.05, 4.69) is 25.3 Å². The van der Waals surface area contributed by atoms with Crippen LogP contribution in [-0.2, 0) is 6.54 Å². The van der Waals surface area contributed by atoms with Crippen LogP contribution in [0.1, 0.15) is 48.9 Å². The molecule has 2 rings (SSSR count). The molecule has 4 heteroatoms. The molecule has 0 aliphatic heterocycles. The number of primary amides is 1. The second kappa shape index (κ2) is 6.19. The fraction of sp³-hybridized carbons (Fsp3) is 0.421. The number of amides is 1. The van der Waals surface area contributed by atoms with E-state index < -0.39 is 5.91 Å². The van der Waals surface area contributed by atoms with E-state index in [1.165, 1.54) is 12.1 Å². The molecule has 2 N–H and O–H groups in total. The highest BCUT2D eigenvalue weighted by Gasteiger charge is 2.23. The van der Waals surface area contributed by atoms with Crippen LogP contribution < -0.4 is 5.73 Å². The Morgan fingerprint density at radius 2 is 1.87 bits per heavy atom. The Morgan fingerprint density at radius 3 is 2.39 bits per heavy atom. The van der Waals surface area contributed by atoms with Crippen molar-refractivity contribution in [1.82, 2.24) is 4.57 Å². The average molecular weight is 316 g/mol. The van der Waals surface area contributed by atoms with Gasteiger partial charge in [-0.3, -0.25) is 4.79 Å². The van der Waals surface area contributed by atoms with Gasteiger partial charge in [0.2, 0.25) is 0 Å². The highest BCUT2D eigenvalue weighted by atomic mass is 19.1. The topological polar surface area (TPSA) is 48.0 Å². The molecule has 0 aliphatic rings. The third kappa shape index (κ3) is 3.63. The molecule has 0 atom stereocenters. The summed E-state index contributed by atoms with van der Waals surface area (Å²) in [6, 6.07) is 6.30. The van der Waals surface area contributed by atoms with Crippen LogP contribution in [0.2, 0.25) is 0 Å². The molecule has 23 heavy (non-hydrogen) atoms. The van der Waals surface area contributed by atoms with E-state index in [9.17, 15) is 9.18 Å². The fourth-order valence-corrected chi connectivity index (χ4v) is 2.96. The van der Waals surface area contributed by atoms with E-state index in [0.29, 0.717) is 11.1 Å². The maximum Gasteiger partial charge on any atom is 0.251 e. The van der Waals surface area contributed by atoms with Gasteiger partial charge in [0, 0.05) is 23.5 Å². The summed E-state index contributed by atoms with van der Waals surface area (Å²) in [4.78, 5) is 12.0. The monoisotopic (exact) mass is 316 g/mol. The van der Waals surface area contributed by atoms with Crippen LogP contribution in [-0.4, -0.2) is 10.5 Å². The van der Waals surface area contributed by atoms with Crippen LogP contribution in [0, 0.1) is 25.1 Å². The van der Waals surface area contributed by atoms with Crippen LogP contribution >= 0.6 is 0 Å². The first-order valence-electron chi connectivity index (χ1n) is 7.87. The SMILES string of the molecule is Cc1c(C(N)=O)c(-c2cccc(F)c2)c(C)n1CCC(C)(C)C. The van der Waals surface area contributed by atoms with Gasteiger partial charge in [-0.2, -0.15) is 0 Å². The van der Waals surface area contributed by atoms with Crippen LogP contribution in [0.3, 0.4) is 0 Å². The number of aromatic nitrogens is 1. The molecule has 0 aliphatic carbocycles. The molecule has 1 aromatic heterocycles. The summed E-state index contributed by atoms with van der Waals surface area (Å²) in [6.07, 6.45) is 0.976. The molecule has 0 saturated heterocycles. The molecule has 1 aromatic carbocycles. The molecule has 1 amide bonds. The van der Waals surface area contributed by atoms with Crippen molar-refractivity contribution >= 4 is 5.91 Å². The van der Waals surface area contributed by atoms with Crippen molar-refractivity contribution in [2.24, 2.45) is 11.1 Å². The first kappa shape index (κ1) is 17.3. The Balaban J connectivity index is 2.60. The summed E-state index contributed by atoms with van der Waals surface area (Å²) in [5.41, 5.74) is 9.51. The zero-order valence-electron chi connectivity index (χ0n) is 14.5. The number of halogens is 1. The Bertz CT molecular complexity index is 739. The quantitative estimate of drug-likeness (QED) is 0.890. The molecule has 0 unspecified atom stereocenters. The van der Waals surface area contributed by atoms with E-state index in [1.807, 2.05) is 19.9 Å². The van der Waals surface area contributed by atoms with Crippen molar-refractivity contribution in [3.05, 3.63) is 47.0 Å². The molecule has 1 heterocycles. The summed E-state index contributed by atoms with van der Waals surface area (Å²) >= 11 is 0. The van der Waals surface area contributed by atoms with Gasteiger partial charge in [-0.25, -0.2) is 4.39 Å². The van der Waals surface area contributed by atoms with Crippen molar-refractivity contribution in [3.63, 3.8) is 0 Å². The average Bonchev–Trinajstić information content (AvgIpc) is 2.67. The highest BCUT2D eigenvalue weighted by molar-refractivity contribution is 6.02. The maximum atomic E-state index is 13.6. The van der Waals surface area contributed by atoms with Crippen LogP contribution in [0.25, 0.3) is 11.1 Å². The molecule has 0 saturated carbocycles. The van der Waals surface area contributed by atoms with Crippen molar-refractivity contribution in [2.45, 2.75) is 47.6 Å². The van der Waals surface area contributed by atoms with Gasteiger partial charge in [-0.1, -0.05) is 32.9 Å². The number of carbonyl (C=O) groups excluding carboxylic acids is 1. The van der Waals surface area contributed by atoms with E-state index in [0.717, 1.165) is 29.9 Å². The lowest BCUT2D eigenvalue weighted by molar-refractivity contribution is 0.1000. The minimum absolute atomic E-state index is 0.190. The zero-order chi connectivity index (χ0) is 17.4. The predicted octanol–water partition coefficient (Wildman–Crippen LogP) is 4.45. The molecule has 0 spiro atoms. The minimum Gasteiger partial charge on any atom is -0.366 e. The van der Waals surface area contributed by atoms with Gasteiger partial charge in [-0.05, 0) is 43.4 Å². The Morgan fingerprint density at radius 1 is 1.22 bits per heavy atom. The molecular formula is C19H25FN2O. The molecule has 124 valence electrons. The zero-order valence-corrected chi connectivity index (χ0v) is 14.5. The third-order valence-corrected chi connectivity index (χ3v) is 4.23. The van der Waals surface area contributed by atoms with Crippen molar-refractivity contribution in [1.29, 1.82) is 0 Å². The lowest BCUT2D eigenvalue weighted by atomic mass is 9.92. The summed E-state index contributed by atoms with van der Waals surface area (Å²) in [7, 11) is 0. The molecule has 0 bridgehead atoms. The number of nitrogens with two attached hydrogens (primary N) is 1. The molecule has 0 fully saturated rings. The minimum atomic E-state index is -0.473. The lowest BCUT2D eigenvalue weighted by Crippen LogP contribution is -2.15. The number of nitrogens with zero attached hydrogens (tertiary/aromatic N) is 1. The standard InChI is InChI=1S/C19H25FN2O/c1-12-16(14-7-6-8-15(20)11-14)17(18(21)23)13(2)22(12)10-9-19(3,4)5/h6-8,11H,9-10H2,1-5H3,(H2,21,23). The lowest BCUT2D eigenvalue weighted by Gasteiger charge is -2.20. The fourth-order valence-electron chi connectivity index (χ4n) is 2.96. The third-order valence-electron chi connectivity index (χ3n) is 4.23. The molecular weight excluding hydrogens is 291 g/mol. The molecule has 3 nitrogen and oxygen atoms in total. The Kier molecular flexibility index (Phi) is 4.64. The van der Waals surface area contributed by atoms with Crippen molar-refractivity contribution in [2.75, 3.05) is 0 Å². The maximum absolute atomic E-state index is 13.6. The molecule has 2 aromatic rings. The van der Waals surface area contributed by atoms with Gasteiger partial charge in [0.1, 0.15) is 5.82 Å². The van der Waals surface area contributed by atoms with Gasteiger partial charge in [-0.15, -0.1) is 0 Å². The number of benzene rings is 1. The smallest absolute Gasteiger partial charge is 0.251 e.